The van der Waals surface area contributed by atoms with Crippen LogP contribution < -0.4 is 11.3 Å². The number of hydrogen-bond donors (Lipinski definition) is 2. The quantitative estimate of drug-likeness (QED) is 0.374. The number of carbonyl (C=O) groups is 1. The van der Waals surface area contributed by atoms with Gasteiger partial charge in [-0.1, -0.05) is 0 Å². The van der Waals surface area contributed by atoms with Gasteiger partial charge in [0.15, 0.2) is 0 Å². The number of nitrogens with two attached hydrogens (primary N) is 1. The summed E-state index contributed by atoms with van der Waals surface area (Å²) in [6.45, 7) is 4.68. The highest BCUT2D eigenvalue weighted by atomic mass is 16.5. The number of hydrogen-bond acceptors (Lipinski definition) is 5. The average molecular weight is 245 g/mol. The Bertz CT molecular complexity index is 236. The van der Waals surface area contributed by atoms with Crippen molar-refractivity contribution in [3.8, 4) is 0 Å². The molecule has 1 heterocycles. The van der Waals surface area contributed by atoms with E-state index < -0.39 is 0 Å². The SMILES string of the molecule is CCOC1CCCN(C(COC)C(=O)NN)C1. The second kappa shape index (κ2) is 7.60. The third-order valence-corrected chi connectivity index (χ3v) is 3.02. The number of ether oxygens (including phenoxy) is 2. The standard InChI is InChI=1S/C11H23N3O3/c1-3-17-9-5-4-6-14(7-9)10(8-16-2)11(15)13-12/h9-10H,3-8,12H2,1-2H3,(H,13,15). The van der Waals surface area contributed by atoms with Gasteiger partial charge in [-0.25, -0.2) is 5.84 Å². The Balaban J connectivity index is 2.56. The second-order valence-electron chi connectivity index (χ2n) is 4.19. The zero-order valence-corrected chi connectivity index (χ0v) is 10.6. The summed E-state index contributed by atoms with van der Waals surface area (Å²) >= 11 is 0. The predicted octanol–water partition coefficient (Wildman–Crippen LogP) is -0.508. The van der Waals surface area contributed by atoms with E-state index in [1.54, 1.807) is 7.11 Å². The maximum Gasteiger partial charge on any atom is 0.253 e. The van der Waals surface area contributed by atoms with Gasteiger partial charge in [0.1, 0.15) is 6.04 Å². The minimum atomic E-state index is -0.326. The van der Waals surface area contributed by atoms with E-state index in [4.69, 9.17) is 15.3 Å². The number of carbonyl (C=O) groups excluding carboxylic acids is 1. The fraction of sp³-hybridized carbons (Fsp3) is 0.909. The van der Waals surface area contributed by atoms with Crippen LogP contribution in [0.3, 0.4) is 0 Å². The molecule has 0 saturated carbocycles. The molecule has 0 aliphatic carbocycles. The van der Waals surface area contributed by atoms with E-state index in [-0.39, 0.29) is 18.1 Å². The topological polar surface area (TPSA) is 76.8 Å². The van der Waals surface area contributed by atoms with Gasteiger partial charge in [0.2, 0.25) is 0 Å². The molecule has 3 N–H and O–H groups in total. The zero-order valence-electron chi connectivity index (χ0n) is 10.6. The molecule has 2 atom stereocenters. The maximum absolute atomic E-state index is 11.7. The number of rotatable bonds is 6. The van der Waals surface area contributed by atoms with Gasteiger partial charge in [0.05, 0.1) is 12.7 Å². The third-order valence-electron chi connectivity index (χ3n) is 3.02. The van der Waals surface area contributed by atoms with Crippen molar-refractivity contribution in [1.29, 1.82) is 0 Å². The number of nitrogens with zero attached hydrogens (tertiary/aromatic N) is 1. The summed E-state index contributed by atoms with van der Waals surface area (Å²) in [6.07, 6.45) is 2.29. The second-order valence-corrected chi connectivity index (χ2v) is 4.19. The van der Waals surface area contributed by atoms with Crippen LogP contribution in [-0.4, -0.2) is 56.4 Å². The van der Waals surface area contributed by atoms with E-state index in [9.17, 15) is 4.79 Å². The van der Waals surface area contributed by atoms with Crippen molar-refractivity contribution in [2.75, 3.05) is 33.4 Å². The highest BCUT2D eigenvalue weighted by Crippen LogP contribution is 2.16. The van der Waals surface area contributed by atoms with E-state index in [1.165, 1.54) is 0 Å². The smallest absolute Gasteiger partial charge is 0.253 e. The van der Waals surface area contributed by atoms with Crippen LogP contribution in [0.5, 0.6) is 0 Å². The Kier molecular flexibility index (Phi) is 6.43. The zero-order chi connectivity index (χ0) is 12.7. The lowest BCUT2D eigenvalue weighted by atomic mass is 10.1. The summed E-state index contributed by atoms with van der Waals surface area (Å²) < 4.78 is 10.7. The summed E-state index contributed by atoms with van der Waals surface area (Å²) in [6, 6.07) is -0.326. The Labute approximate surface area is 102 Å². The lowest BCUT2D eigenvalue weighted by molar-refractivity contribution is -0.130. The Hall–Kier alpha value is -0.690. The number of nitrogens with one attached hydrogen (secondary N) is 1. The number of amides is 1. The number of methoxy groups -OCH3 is 1. The molecule has 1 rings (SSSR count). The van der Waals surface area contributed by atoms with Crippen molar-refractivity contribution in [2.45, 2.75) is 31.9 Å². The van der Waals surface area contributed by atoms with Crippen molar-refractivity contribution < 1.29 is 14.3 Å². The number of hydrazine groups is 1. The van der Waals surface area contributed by atoms with E-state index in [0.29, 0.717) is 13.2 Å². The van der Waals surface area contributed by atoms with Gasteiger partial charge in [-0.3, -0.25) is 15.1 Å². The summed E-state index contributed by atoms with van der Waals surface area (Å²) in [7, 11) is 1.58. The molecule has 0 aromatic carbocycles. The Morgan fingerprint density at radius 3 is 3.00 bits per heavy atom. The summed E-state index contributed by atoms with van der Waals surface area (Å²) in [5.74, 6) is 4.99. The molecule has 0 aromatic heterocycles. The lowest BCUT2D eigenvalue weighted by Crippen LogP contribution is -2.55. The van der Waals surface area contributed by atoms with Crippen molar-refractivity contribution >= 4 is 5.91 Å². The molecule has 1 aliphatic heterocycles. The average Bonchev–Trinajstić information content (AvgIpc) is 2.36. The molecule has 0 aromatic rings. The molecule has 2 unspecified atom stereocenters. The van der Waals surface area contributed by atoms with Gasteiger partial charge in [-0.15, -0.1) is 0 Å². The normalized spacial score (nSPS) is 23.4. The Morgan fingerprint density at radius 1 is 1.65 bits per heavy atom. The molecule has 1 saturated heterocycles. The lowest BCUT2D eigenvalue weighted by Gasteiger charge is -2.36. The van der Waals surface area contributed by atoms with E-state index >= 15 is 0 Å². The molecule has 17 heavy (non-hydrogen) atoms. The fourth-order valence-electron chi connectivity index (χ4n) is 2.22. The van der Waals surface area contributed by atoms with E-state index in [1.807, 2.05) is 6.92 Å². The maximum atomic E-state index is 11.7. The van der Waals surface area contributed by atoms with Crippen molar-refractivity contribution in [1.82, 2.24) is 10.3 Å². The van der Waals surface area contributed by atoms with Gasteiger partial charge in [0.25, 0.3) is 5.91 Å². The van der Waals surface area contributed by atoms with Crippen molar-refractivity contribution in [3.63, 3.8) is 0 Å². The first-order valence-corrected chi connectivity index (χ1v) is 6.08. The monoisotopic (exact) mass is 245 g/mol. The van der Waals surface area contributed by atoms with Crippen LogP contribution >= 0.6 is 0 Å². The van der Waals surface area contributed by atoms with E-state index in [2.05, 4.69) is 10.3 Å². The minimum absolute atomic E-state index is 0.205. The van der Waals surface area contributed by atoms with Crippen molar-refractivity contribution in [3.05, 3.63) is 0 Å². The van der Waals surface area contributed by atoms with Crippen LogP contribution in [0.25, 0.3) is 0 Å². The molecule has 0 radical (unpaired) electrons. The van der Waals surface area contributed by atoms with Crippen LogP contribution in [0.4, 0.5) is 0 Å². The molecular formula is C11H23N3O3. The van der Waals surface area contributed by atoms with Crippen LogP contribution in [0.2, 0.25) is 0 Å². The molecule has 0 spiro atoms. The van der Waals surface area contributed by atoms with Gasteiger partial charge in [-0.05, 0) is 26.3 Å². The highest BCUT2D eigenvalue weighted by Gasteiger charge is 2.30. The van der Waals surface area contributed by atoms with Crippen LogP contribution in [0.15, 0.2) is 0 Å². The predicted molar refractivity (Wildman–Crippen MR) is 64.2 cm³/mol. The van der Waals surface area contributed by atoms with Gasteiger partial charge >= 0.3 is 0 Å². The first-order valence-electron chi connectivity index (χ1n) is 6.08. The molecule has 0 bridgehead atoms. The largest absolute Gasteiger partial charge is 0.383 e. The van der Waals surface area contributed by atoms with Gasteiger partial charge in [-0.2, -0.15) is 0 Å². The van der Waals surface area contributed by atoms with Crippen LogP contribution in [0.1, 0.15) is 19.8 Å². The molecular weight excluding hydrogens is 222 g/mol. The van der Waals surface area contributed by atoms with E-state index in [0.717, 1.165) is 25.9 Å². The summed E-state index contributed by atoms with van der Waals surface area (Å²) in [5.41, 5.74) is 2.19. The van der Waals surface area contributed by atoms with Gasteiger partial charge in [0, 0.05) is 20.3 Å². The number of piperidine rings is 1. The highest BCUT2D eigenvalue weighted by molar-refractivity contribution is 5.81. The molecule has 6 heteroatoms. The van der Waals surface area contributed by atoms with Crippen LogP contribution in [0, 0.1) is 0 Å². The molecule has 1 fully saturated rings. The molecule has 1 aliphatic rings. The summed E-state index contributed by atoms with van der Waals surface area (Å²) in [4.78, 5) is 13.7. The molecule has 1 amide bonds. The minimum Gasteiger partial charge on any atom is -0.383 e. The fourth-order valence-corrected chi connectivity index (χ4v) is 2.22. The van der Waals surface area contributed by atoms with Crippen molar-refractivity contribution in [2.24, 2.45) is 5.84 Å². The number of likely N-dealkylation sites (tertiary alicyclic amines) is 1. The molecule has 6 nitrogen and oxygen atoms in total. The first-order chi connectivity index (χ1) is 8.22. The van der Waals surface area contributed by atoms with Crippen LogP contribution in [-0.2, 0) is 14.3 Å². The first kappa shape index (κ1) is 14.4. The Morgan fingerprint density at radius 2 is 2.41 bits per heavy atom. The van der Waals surface area contributed by atoms with Gasteiger partial charge < -0.3 is 9.47 Å². The molecule has 100 valence electrons. The third kappa shape index (κ3) is 4.23. The summed E-state index contributed by atoms with van der Waals surface area (Å²) in [5, 5.41) is 0.